The van der Waals surface area contributed by atoms with Gasteiger partial charge < -0.3 is 4.42 Å². The van der Waals surface area contributed by atoms with Gasteiger partial charge in [0.25, 0.3) is 0 Å². The topological polar surface area (TPSA) is 13.1 Å². The minimum Gasteiger partial charge on any atom is -0.455 e. The molecule has 2 aromatic carbocycles. The highest BCUT2D eigenvalue weighted by molar-refractivity contribution is 6.01. The predicted molar refractivity (Wildman–Crippen MR) is 107 cm³/mol. The molecule has 0 aliphatic carbocycles. The smallest absolute Gasteiger partial charge is 0.143 e. The van der Waals surface area contributed by atoms with Crippen LogP contribution in [0.2, 0.25) is 0 Å². The lowest BCUT2D eigenvalue weighted by molar-refractivity contribution is 0.604. The number of hydrogen-bond acceptors (Lipinski definition) is 1. The Hall–Kier alpha value is -3.13. The predicted octanol–water partition coefficient (Wildman–Crippen LogP) is 7.20. The minimum atomic E-state index is -0.318. The highest BCUT2D eigenvalue weighted by Crippen LogP contribution is 2.38. The Morgan fingerprint density at radius 2 is 1.60 bits per heavy atom. The van der Waals surface area contributed by atoms with E-state index in [-0.39, 0.29) is 5.82 Å². The monoisotopic (exact) mass is 330 g/mol. The van der Waals surface area contributed by atoms with Crippen molar-refractivity contribution < 1.29 is 8.81 Å². The molecule has 1 heterocycles. The van der Waals surface area contributed by atoms with Crippen LogP contribution < -0.4 is 0 Å². The second kappa shape index (κ2) is 6.78. The Morgan fingerprint density at radius 1 is 0.880 bits per heavy atom. The first-order valence-corrected chi connectivity index (χ1v) is 8.04. The minimum absolute atomic E-state index is 0.318. The summed E-state index contributed by atoms with van der Waals surface area (Å²) in [5.41, 5.74) is 4.57. The summed E-state index contributed by atoms with van der Waals surface area (Å²) in [6.45, 7) is 13.4. The largest absolute Gasteiger partial charge is 0.455 e. The van der Waals surface area contributed by atoms with Crippen LogP contribution in [0.3, 0.4) is 0 Å². The van der Waals surface area contributed by atoms with Crippen molar-refractivity contribution in [3.8, 4) is 11.1 Å². The molecule has 0 aliphatic heterocycles. The van der Waals surface area contributed by atoms with Crippen LogP contribution in [0.5, 0.6) is 0 Å². The lowest BCUT2D eigenvalue weighted by Crippen LogP contribution is -1.92. The van der Waals surface area contributed by atoms with Gasteiger partial charge in [0.1, 0.15) is 17.2 Å². The molecule has 0 aliphatic rings. The summed E-state index contributed by atoms with van der Waals surface area (Å²) in [5, 5.41) is 0.972. The average molecular weight is 330 g/mol. The van der Waals surface area contributed by atoms with E-state index < -0.39 is 0 Å². The van der Waals surface area contributed by atoms with Crippen LogP contribution in [0.25, 0.3) is 46.4 Å². The molecule has 0 radical (unpaired) electrons. The number of para-hydroxylation sites is 1. The van der Waals surface area contributed by atoms with E-state index in [9.17, 15) is 4.39 Å². The molecule has 0 N–H and O–H groups in total. The third kappa shape index (κ3) is 2.66. The van der Waals surface area contributed by atoms with Crippen LogP contribution in [0.1, 0.15) is 29.4 Å². The number of fused-ring (bicyclic) bond motifs is 1. The summed E-state index contributed by atoms with van der Waals surface area (Å²) in [4.78, 5) is 0. The number of hydrogen-bond donors (Lipinski definition) is 0. The summed E-state index contributed by atoms with van der Waals surface area (Å²) in [5.74, 6) is 0.438. The molecule has 1 aromatic heterocycles. The summed E-state index contributed by atoms with van der Waals surface area (Å²) < 4.78 is 20.2. The molecule has 0 saturated carbocycles. The molecule has 0 spiro atoms. The van der Waals surface area contributed by atoms with Gasteiger partial charge in [-0.15, -0.1) is 0 Å². The molecule has 0 unspecified atom stereocenters. The van der Waals surface area contributed by atoms with Crippen LogP contribution in [-0.4, -0.2) is 0 Å². The van der Waals surface area contributed by atoms with Gasteiger partial charge in [0.2, 0.25) is 0 Å². The fourth-order valence-electron chi connectivity index (χ4n) is 3.13. The van der Waals surface area contributed by atoms with Gasteiger partial charge in [-0.25, -0.2) is 4.39 Å². The molecule has 25 heavy (non-hydrogen) atoms. The van der Waals surface area contributed by atoms with Gasteiger partial charge in [-0.3, -0.25) is 0 Å². The summed E-state index contributed by atoms with van der Waals surface area (Å²) in [7, 11) is 0. The summed E-state index contributed by atoms with van der Waals surface area (Å²) in [6.07, 6.45) is 8.79. The van der Waals surface area contributed by atoms with Gasteiger partial charge in [-0.1, -0.05) is 68.3 Å². The molecule has 3 rings (SSSR count). The first-order valence-electron chi connectivity index (χ1n) is 8.04. The molecule has 1 nitrogen and oxygen atoms in total. The summed E-state index contributed by atoms with van der Waals surface area (Å²) >= 11 is 0. The summed E-state index contributed by atoms with van der Waals surface area (Å²) in [6, 6.07) is 9.12. The number of rotatable bonds is 5. The fourth-order valence-corrected chi connectivity index (χ4v) is 3.13. The van der Waals surface area contributed by atoms with Crippen molar-refractivity contribution in [2.75, 3.05) is 0 Å². The number of allylic oxidation sites excluding steroid dienone is 1. The van der Waals surface area contributed by atoms with Crippen molar-refractivity contribution in [2.24, 2.45) is 0 Å². The molecular formula is C23H19FO. The number of halogens is 1. The second-order valence-electron chi connectivity index (χ2n) is 5.60. The van der Waals surface area contributed by atoms with Crippen molar-refractivity contribution in [3.05, 3.63) is 84.4 Å². The van der Waals surface area contributed by atoms with E-state index in [4.69, 9.17) is 4.42 Å². The van der Waals surface area contributed by atoms with E-state index in [1.54, 1.807) is 18.2 Å². The molecule has 2 heteroatoms. The van der Waals surface area contributed by atoms with E-state index in [2.05, 4.69) is 19.7 Å². The number of benzene rings is 2. The van der Waals surface area contributed by atoms with Crippen molar-refractivity contribution in [1.29, 1.82) is 0 Å². The standard InChI is InChI=1S/C23H19FO/c1-5-10-22-17(8-4)19-11-9-12-20(23(19)25-22)18-13-14-21(24)16(7-3)15(18)6-2/h5-14H,2-4H2,1H3/b10-5-. The zero-order valence-corrected chi connectivity index (χ0v) is 14.2. The maximum absolute atomic E-state index is 14.1. The molecule has 0 atom stereocenters. The molecule has 0 fully saturated rings. The Morgan fingerprint density at radius 3 is 2.24 bits per heavy atom. The quantitative estimate of drug-likeness (QED) is 0.482. The van der Waals surface area contributed by atoms with Crippen LogP contribution in [-0.2, 0) is 0 Å². The van der Waals surface area contributed by atoms with Crippen LogP contribution in [0, 0.1) is 5.82 Å². The molecular weight excluding hydrogens is 311 g/mol. The van der Waals surface area contributed by atoms with Gasteiger partial charge in [0.05, 0.1) is 0 Å². The van der Waals surface area contributed by atoms with Gasteiger partial charge >= 0.3 is 0 Å². The Balaban J connectivity index is 2.40. The molecule has 0 saturated heterocycles. The zero-order valence-electron chi connectivity index (χ0n) is 14.2. The van der Waals surface area contributed by atoms with E-state index in [1.807, 2.05) is 37.3 Å². The fraction of sp³-hybridized carbons (Fsp3) is 0.0435. The highest BCUT2D eigenvalue weighted by atomic mass is 19.1. The SMILES string of the molecule is C=Cc1c(F)ccc(-c2cccc3c(C=C)c(/C=C\C)oc23)c1C=C. The lowest BCUT2D eigenvalue weighted by Gasteiger charge is -2.11. The van der Waals surface area contributed by atoms with Gasteiger partial charge in [0, 0.05) is 22.1 Å². The molecule has 0 amide bonds. The average Bonchev–Trinajstić information content (AvgIpc) is 2.98. The van der Waals surface area contributed by atoms with Crippen molar-refractivity contribution in [3.63, 3.8) is 0 Å². The third-order valence-corrected chi connectivity index (χ3v) is 4.24. The van der Waals surface area contributed by atoms with Crippen molar-refractivity contribution >= 4 is 35.3 Å². The van der Waals surface area contributed by atoms with E-state index >= 15 is 0 Å². The Kier molecular flexibility index (Phi) is 4.53. The van der Waals surface area contributed by atoms with Crippen LogP contribution in [0.4, 0.5) is 4.39 Å². The molecule has 3 aromatic rings. The van der Waals surface area contributed by atoms with Crippen LogP contribution >= 0.6 is 0 Å². The highest BCUT2D eigenvalue weighted by Gasteiger charge is 2.17. The van der Waals surface area contributed by atoms with E-state index in [0.717, 1.165) is 33.4 Å². The molecule has 124 valence electrons. The van der Waals surface area contributed by atoms with Gasteiger partial charge in [0.15, 0.2) is 0 Å². The van der Waals surface area contributed by atoms with Crippen molar-refractivity contribution in [1.82, 2.24) is 0 Å². The van der Waals surface area contributed by atoms with E-state index in [0.29, 0.717) is 11.1 Å². The van der Waals surface area contributed by atoms with Gasteiger partial charge in [-0.2, -0.15) is 0 Å². The zero-order chi connectivity index (χ0) is 18.0. The van der Waals surface area contributed by atoms with Crippen LogP contribution in [0.15, 0.2) is 60.6 Å². The number of furan rings is 1. The van der Waals surface area contributed by atoms with Gasteiger partial charge in [-0.05, 0) is 30.2 Å². The third-order valence-electron chi connectivity index (χ3n) is 4.24. The van der Waals surface area contributed by atoms with E-state index in [1.165, 1.54) is 12.1 Å². The second-order valence-corrected chi connectivity index (χ2v) is 5.60. The first-order chi connectivity index (χ1) is 12.2. The maximum atomic E-state index is 14.1. The normalized spacial score (nSPS) is 11.1. The Labute approximate surface area is 147 Å². The van der Waals surface area contributed by atoms with Crippen molar-refractivity contribution in [2.45, 2.75) is 6.92 Å². The first kappa shape index (κ1) is 16.7. The molecule has 0 bridgehead atoms. The maximum Gasteiger partial charge on any atom is 0.143 e. The lowest BCUT2D eigenvalue weighted by atomic mass is 9.93. The Bertz CT molecular complexity index is 1020.